The summed E-state index contributed by atoms with van der Waals surface area (Å²) in [6.45, 7) is -0.679. The topological polar surface area (TPSA) is 79.0 Å². The molecule has 0 atom stereocenters. The molecule has 0 saturated heterocycles. The number of aromatic amines is 1. The summed E-state index contributed by atoms with van der Waals surface area (Å²) in [7, 11) is -3.74. The molecule has 2 aromatic carbocycles. The second kappa shape index (κ2) is 6.96. The Hall–Kier alpha value is -3.00. The van der Waals surface area contributed by atoms with Crippen LogP contribution in [0.1, 0.15) is 6.42 Å². The summed E-state index contributed by atoms with van der Waals surface area (Å²) in [6.07, 6.45) is 3.32. The highest BCUT2D eigenvalue weighted by atomic mass is 32.2. The highest BCUT2D eigenvalue weighted by Crippen LogP contribution is 2.33. The number of halogens is 1. The molecule has 0 aliphatic carbocycles. The van der Waals surface area contributed by atoms with Gasteiger partial charge in [-0.1, -0.05) is 24.3 Å². The number of aromatic nitrogens is 3. The van der Waals surface area contributed by atoms with Crippen molar-refractivity contribution in [2.24, 2.45) is 0 Å². The molecule has 8 heteroatoms. The maximum Gasteiger partial charge on any atom is 0.239 e. The van der Waals surface area contributed by atoms with Gasteiger partial charge in [0.15, 0.2) is 5.65 Å². The second-order valence-electron chi connectivity index (χ2n) is 6.12. The first-order valence-corrected chi connectivity index (χ1v) is 10.1. The van der Waals surface area contributed by atoms with Gasteiger partial charge < -0.3 is 0 Å². The second-order valence-corrected chi connectivity index (χ2v) is 8.06. The number of anilines is 2. The molecule has 1 N–H and O–H groups in total. The summed E-state index contributed by atoms with van der Waals surface area (Å²) < 4.78 is 39.7. The predicted molar refractivity (Wildman–Crippen MR) is 104 cm³/mol. The highest BCUT2D eigenvalue weighted by Gasteiger charge is 2.24. The number of H-pyrrole nitrogens is 1. The Morgan fingerprint density at radius 1 is 1.00 bits per heavy atom. The standard InChI is InChI=1S/C19H17FN4O2S/c20-9-4-10-27(25,26)24(15-5-2-1-3-6-15)16-7-8-17-14(11-16)12-21-19-18(17)13-22-23-19/h1-3,5-8,11-13H,4,9-10H2,(H,21,22,23). The molecule has 0 amide bonds. The van der Waals surface area contributed by atoms with Crippen molar-refractivity contribution in [3.63, 3.8) is 0 Å². The molecule has 0 aliphatic heterocycles. The first-order chi connectivity index (χ1) is 13.1. The van der Waals surface area contributed by atoms with Gasteiger partial charge >= 0.3 is 0 Å². The highest BCUT2D eigenvalue weighted by molar-refractivity contribution is 7.93. The molecule has 0 saturated carbocycles. The molecular weight excluding hydrogens is 367 g/mol. The van der Waals surface area contributed by atoms with Crippen LogP contribution >= 0.6 is 0 Å². The number of nitrogens with one attached hydrogen (secondary N) is 1. The Morgan fingerprint density at radius 2 is 1.81 bits per heavy atom. The fourth-order valence-corrected chi connectivity index (χ4v) is 4.63. The predicted octanol–water partition coefficient (Wildman–Crippen LogP) is 3.94. The van der Waals surface area contributed by atoms with Crippen LogP contribution in [0.4, 0.5) is 15.8 Å². The Balaban J connectivity index is 1.88. The molecule has 4 rings (SSSR count). The van der Waals surface area contributed by atoms with Gasteiger partial charge in [-0.3, -0.25) is 9.49 Å². The third-order valence-corrected chi connectivity index (χ3v) is 6.10. The molecule has 0 aliphatic rings. The van der Waals surface area contributed by atoms with Crippen LogP contribution in [0.25, 0.3) is 21.8 Å². The summed E-state index contributed by atoms with van der Waals surface area (Å²) in [5.74, 6) is -0.268. The van der Waals surface area contributed by atoms with E-state index in [1.165, 1.54) is 4.31 Å². The minimum atomic E-state index is -3.74. The van der Waals surface area contributed by atoms with Crippen molar-refractivity contribution in [2.45, 2.75) is 6.42 Å². The van der Waals surface area contributed by atoms with Crippen LogP contribution in [0, 0.1) is 0 Å². The third-order valence-electron chi connectivity index (χ3n) is 4.32. The zero-order chi connectivity index (χ0) is 18.9. The number of benzene rings is 2. The number of sulfonamides is 1. The number of pyridine rings is 1. The van der Waals surface area contributed by atoms with Crippen molar-refractivity contribution in [1.29, 1.82) is 0 Å². The van der Waals surface area contributed by atoms with Crippen molar-refractivity contribution in [1.82, 2.24) is 15.2 Å². The van der Waals surface area contributed by atoms with Crippen molar-refractivity contribution in [3.8, 4) is 0 Å². The van der Waals surface area contributed by atoms with Crippen LogP contribution in [0.3, 0.4) is 0 Å². The molecule has 27 heavy (non-hydrogen) atoms. The van der Waals surface area contributed by atoms with Gasteiger partial charge in [0.2, 0.25) is 10.0 Å². The van der Waals surface area contributed by atoms with E-state index in [9.17, 15) is 12.8 Å². The summed E-state index contributed by atoms with van der Waals surface area (Å²) in [5, 5.41) is 9.40. The van der Waals surface area contributed by atoms with Crippen molar-refractivity contribution in [2.75, 3.05) is 16.7 Å². The maximum atomic E-state index is 12.9. The monoisotopic (exact) mass is 384 g/mol. The van der Waals surface area contributed by atoms with E-state index in [-0.39, 0.29) is 12.2 Å². The first-order valence-electron chi connectivity index (χ1n) is 8.46. The molecule has 0 bridgehead atoms. The number of fused-ring (bicyclic) bond motifs is 3. The van der Waals surface area contributed by atoms with Crippen LogP contribution < -0.4 is 4.31 Å². The van der Waals surface area contributed by atoms with E-state index in [0.29, 0.717) is 17.0 Å². The van der Waals surface area contributed by atoms with E-state index in [2.05, 4.69) is 15.2 Å². The van der Waals surface area contributed by atoms with Crippen LogP contribution in [-0.2, 0) is 10.0 Å². The minimum Gasteiger partial charge on any atom is -0.261 e. The number of para-hydroxylation sites is 1. The molecule has 138 valence electrons. The van der Waals surface area contributed by atoms with Crippen LogP contribution in [0.5, 0.6) is 0 Å². The molecule has 0 radical (unpaired) electrons. The normalized spacial score (nSPS) is 11.9. The van der Waals surface area contributed by atoms with Gasteiger partial charge in [-0.05, 0) is 36.1 Å². The average Bonchev–Trinajstić information content (AvgIpc) is 3.16. The number of hydrogen-bond acceptors (Lipinski definition) is 4. The smallest absolute Gasteiger partial charge is 0.239 e. The first kappa shape index (κ1) is 17.4. The zero-order valence-corrected chi connectivity index (χ0v) is 15.2. The van der Waals surface area contributed by atoms with Gasteiger partial charge in [0.1, 0.15) is 0 Å². The molecule has 4 aromatic rings. The summed E-state index contributed by atoms with van der Waals surface area (Å²) in [4.78, 5) is 4.32. The lowest BCUT2D eigenvalue weighted by atomic mass is 10.1. The fourth-order valence-electron chi connectivity index (χ4n) is 3.10. The Bertz CT molecular complexity index is 1190. The van der Waals surface area contributed by atoms with E-state index in [1.54, 1.807) is 48.8 Å². The molecule has 6 nitrogen and oxygen atoms in total. The van der Waals surface area contributed by atoms with Gasteiger partial charge in [-0.2, -0.15) is 5.10 Å². The lowest BCUT2D eigenvalue weighted by Gasteiger charge is -2.25. The summed E-state index contributed by atoms with van der Waals surface area (Å²) >= 11 is 0. The van der Waals surface area contributed by atoms with Gasteiger partial charge in [0, 0.05) is 17.0 Å². The van der Waals surface area contributed by atoms with Crippen molar-refractivity contribution >= 4 is 43.2 Å². The lowest BCUT2D eigenvalue weighted by molar-refractivity contribution is 0.484. The lowest BCUT2D eigenvalue weighted by Crippen LogP contribution is -2.28. The fraction of sp³-hybridized carbons (Fsp3) is 0.158. The van der Waals surface area contributed by atoms with Gasteiger partial charge in [0.05, 0.1) is 30.0 Å². The molecule has 0 fully saturated rings. The SMILES string of the molecule is O=S(=O)(CCCF)N(c1ccccc1)c1ccc2c(cnc3[nH]ncc32)c1. The van der Waals surface area contributed by atoms with Gasteiger partial charge in [-0.15, -0.1) is 0 Å². The van der Waals surface area contributed by atoms with E-state index in [4.69, 9.17) is 0 Å². The molecule has 2 heterocycles. The Morgan fingerprint density at radius 3 is 2.59 bits per heavy atom. The van der Waals surface area contributed by atoms with Crippen molar-refractivity contribution in [3.05, 3.63) is 60.9 Å². The van der Waals surface area contributed by atoms with Crippen LogP contribution in [-0.4, -0.2) is 36.0 Å². The zero-order valence-electron chi connectivity index (χ0n) is 14.3. The van der Waals surface area contributed by atoms with E-state index in [1.807, 2.05) is 12.1 Å². The number of nitrogens with zero attached hydrogens (tertiary/aromatic N) is 3. The quantitative estimate of drug-likeness (QED) is 0.546. The minimum absolute atomic E-state index is 0.0452. The van der Waals surface area contributed by atoms with E-state index >= 15 is 0 Å². The Kier molecular flexibility index (Phi) is 4.49. The number of alkyl halides is 1. The maximum absolute atomic E-state index is 12.9. The molecule has 2 aromatic heterocycles. The average molecular weight is 384 g/mol. The number of hydrogen-bond donors (Lipinski definition) is 1. The van der Waals surface area contributed by atoms with Crippen LogP contribution in [0.15, 0.2) is 60.9 Å². The van der Waals surface area contributed by atoms with Crippen LogP contribution in [0.2, 0.25) is 0 Å². The third kappa shape index (κ3) is 3.23. The van der Waals surface area contributed by atoms with E-state index in [0.717, 1.165) is 16.2 Å². The summed E-state index contributed by atoms with van der Waals surface area (Å²) in [6, 6.07) is 14.2. The van der Waals surface area contributed by atoms with E-state index < -0.39 is 16.7 Å². The molecular formula is C19H17FN4O2S. The largest absolute Gasteiger partial charge is 0.261 e. The summed E-state index contributed by atoms with van der Waals surface area (Å²) in [5.41, 5.74) is 1.66. The van der Waals surface area contributed by atoms with Gasteiger partial charge in [0.25, 0.3) is 0 Å². The Labute approximate surface area is 155 Å². The molecule has 0 spiro atoms. The molecule has 0 unspecified atom stereocenters. The van der Waals surface area contributed by atoms with Crippen molar-refractivity contribution < 1.29 is 12.8 Å². The number of rotatable bonds is 6. The van der Waals surface area contributed by atoms with Gasteiger partial charge in [-0.25, -0.2) is 17.7 Å².